The lowest BCUT2D eigenvalue weighted by atomic mass is 9.71. The fourth-order valence-corrected chi connectivity index (χ4v) is 3.16. The van der Waals surface area contributed by atoms with Crippen LogP contribution in [0.4, 0.5) is 0 Å². The Morgan fingerprint density at radius 1 is 0.739 bits per heavy atom. The molecule has 0 aliphatic carbocycles. The van der Waals surface area contributed by atoms with E-state index in [2.05, 4.69) is 34.1 Å². The minimum atomic E-state index is -0.684. The molecule has 0 aromatic heterocycles. The van der Waals surface area contributed by atoms with Crippen molar-refractivity contribution in [2.75, 3.05) is 0 Å². The normalized spacial score (nSPS) is 11.0. The zero-order valence-electron chi connectivity index (χ0n) is 12.6. The molecule has 0 fully saturated rings. The first-order valence-corrected chi connectivity index (χ1v) is 8.31. The molecular weight excluding hydrogens is 346 g/mol. The number of nitrogens with zero attached hydrogens (tertiary/aromatic N) is 1. The Morgan fingerprint density at radius 2 is 1.22 bits per heavy atom. The van der Waals surface area contributed by atoms with E-state index in [1.807, 2.05) is 72.8 Å². The quantitative estimate of drug-likeness (QED) is 0.601. The van der Waals surface area contributed by atoms with Crippen LogP contribution in [0, 0.1) is 11.3 Å². The second-order valence-electron chi connectivity index (χ2n) is 5.55. The van der Waals surface area contributed by atoms with Gasteiger partial charge < -0.3 is 0 Å². The third-order valence-electron chi connectivity index (χ3n) is 4.11. The van der Waals surface area contributed by atoms with Crippen molar-refractivity contribution in [3.05, 3.63) is 106 Å². The lowest BCUT2D eigenvalue weighted by Crippen LogP contribution is -2.28. The van der Waals surface area contributed by atoms with E-state index >= 15 is 0 Å². The van der Waals surface area contributed by atoms with Crippen LogP contribution >= 0.6 is 15.9 Å². The maximum Gasteiger partial charge on any atom is 0.111 e. The van der Waals surface area contributed by atoms with Crippen molar-refractivity contribution in [2.45, 2.75) is 11.8 Å². The molecule has 23 heavy (non-hydrogen) atoms. The SMILES string of the molecule is N#CC(Cc1ccc(Br)cc1)(c1ccccc1)c1ccccc1. The summed E-state index contributed by atoms with van der Waals surface area (Å²) < 4.78 is 1.04. The van der Waals surface area contributed by atoms with Gasteiger partial charge in [-0.1, -0.05) is 88.7 Å². The summed E-state index contributed by atoms with van der Waals surface area (Å²) >= 11 is 3.47. The lowest BCUT2D eigenvalue weighted by molar-refractivity contribution is 0.653. The Kier molecular flexibility index (Phi) is 4.60. The fraction of sp³-hybridized carbons (Fsp3) is 0.0952. The summed E-state index contributed by atoms with van der Waals surface area (Å²) in [6.45, 7) is 0. The van der Waals surface area contributed by atoms with E-state index < -0.39 is 5.41 Å². The summed E-state index contributed by atoms with van der Waals surface area (Å²) in [6, 6.07) is 30.9. The molecule has 0 N–H and O–H groups in total. The number of nitriles is 1. The first kappa shape index (κ1) is 15.5. The van der Waals surface area contributed by atoms with Crippen LogP contribution in [0.2, 0.25) is 0 Å². The van der Waals surface area contributed by atoms with E-state index in [0.717, 1.165) is 21.2 Å². The predicted octanol–water partition coefficient (Wildman–Crippen LogP) is 5.50. The van der Waals surface area contributed by atoms with Crippen LogP contribution in [-0.4, -0.2) is 0 Å². The number of halogens is 1. The molecule has 0 saturated heterocycles. The fourth-order valence-electron chi connectivity index (χ4n) is 2.89. The van der Waals surface area contributed by atoms with Crippen LogP contribution in [0.1, 0.15) is 16.7 Å². The first-order valence-electron chi connectivity index (χ1n) is 7.51. The molecule has 0 bridgehead atoms. The third-order valence-corrected chi connectivity index (χ3v) is 4.64. The van der Waals surface area contributed by atoms with Gasteiger partial charge in [-0.3, -0.25) is 0 Å². The summed E-state index contributed by atoms with van der Waals surface area (Å²) in [5, 5.41) is 10.1. The molecule has 1 nitrogen and oxygen atoms in total. The second-order valence-corrected chi connectivity index (χ2v) is 6.47. The molecule has 0 atom stereocenters. The molecule has 3 aromatic carbocycles. The molecule has 112 valence electrons. The van der Waals surface area contributed by atoms with Crippen LogP contribution in [-0.2, 0) is 11.8 Å². The van der Waals surface area contributed by atoms with Gasteiger partial charge in [0.05, 0.1) is 6.07 Å². The maximum atomic E-state index is 10.1. The summed E-state index contributed by atoms with van der Waals surface area (Å²) in [7, 11) is 0. The number of rotatable bonds is 4. The van der Waals surface area contributed by atoms with Crippen molar-refractivity contribution < 1.29 is 0 Å². The molecule has 0 spiro atoms. The van der Waals surface area contributed by atoms with E-state index in [9.17, 15) is 5.26 Å². The van der Waals surface area contributed by atoms with Crippen molar-refractivity contribution in [1.82, 2.24) is 0 Å². The van der Waals surface area contributed by atoms with Crippen LogP contribution in [0.25, 0.3) is 0 Å². The summed E-state index contributed by atoms with van der Waals surface area (Å²) in [4.78, 5) is 0. The van der Waals surface area contributed by atoms with Gasteiger partial charge in [0.15, 0.2) is 0 Å². The van der Waals surface area contributed by atoms with E-state index in [1.54, 1.807) is 0 Å². The van der Waals surface area contributed by atoms with Crippen LogP contribution in [0.3, 0.4) is 0 Å². The molecule has 0 heterocycles. The van der Waals surface area contributed by atoms with Gasteiger partial charge in [0.25, 0.3) is 0 Å². The number of benzene rings is 3. The van der Waals surface area contributed by atoms with Crippen molar-refractivity contribution >= 4 is 15.9 Å². The molecule has 3 rings (SSSR count). The van der Waals surface area contributed by atoms with E-state index in [1.165, 1.54) is 0 Å². The van der Waals surface area contributed by atoms with Crippen molar-refractivity contribution in [2.24, 2.45) is 0 Å². The highest BCUT2D eigenvalue weighted by atomic mass is 79.9. The molecule has 0 aliphatic heterocycles. The molecule has 0 aliphatic rings. The summed E-state index contributed by atoms with van der Waals surface area (Å²) in [5.74, 6) is 0. The maximum absolute atomic E-state index is 10.1. The minimum absolute atomic E-state index is 0.644. The van der Waals surface area contributed by atoms with Gasteiger partial charge in [0.1, 0.15) is 5.41 Å². The minimum Gasteiger partial charge on any atom is -0.197 e. The van der Waals surface area contributed by atoms with Crippen molar-refractivity contribution in [3.8, 4) is 6.07 Å². The second kappa shape index (κ2) is 6.81. The smallest absolute Gasteiger partial charge is 0.111 e. The third kappa shape index (κ3) is 3.21. The average molecular weight is 362 g/mol. The van der Waals surface area contributed by atoms with Crippen molar-refractivity contribution in [3.63, 3.8) is 0 Å². The summed E-state index contributed by atoms with van der Waals surface area (Å²) in [5.41, 5.74) is 2.51. The van der Waals surface area contributed by atoms with Crippen LogP contribution in [0.5, 0.6) is 0 Å². The Balaban J connectivity index is 2.13. The Morgan fingerprint density at radius 3 is 1.65 bits per heavy atom. The highest BCUT2D eigenvalue weighted by Crippen LogP contribution is 2.35. The van der Waals surface area contributed by atoms with Gasteiger partial charge in [-0.05, 0) is 35.2 Å². The highest BCUT2D eigenvalue weighted by Gasteiger charge is 2.34. The van der Waals surface area contributed by atoms with Gasteiger partial charge in [-0.2, -0.15) is 5.26 Å². The van der Waals surface area contributed by atoms with Gasteiger partial charge in [-0.25, -0.2) is 0 Å². The van der Waals surface area contributed by atoms with E-state index in [4.69, 9.17) is 0 Å². The molecule has 2 heteroatoms. The Hall–Kier alpha value is -2.37. The molecule has 0 amide bonds. The highest BCUT2D eigenvalue weighted by molar-refractivity contribution is 9.10. The molecule has 0 saturated carbocycles. The number of hydrogen-bond donors (Lipinski definition) is 0. The molecule has 0 unspecified atom stereocenters. The van der Waals surface area contributed by atoms with Gasteiger partial charge in [0, 0.05) is 4.47 Å². The van der Waals surface area contributed by atoms with E-state index in [0.29, 0.717) is 6.42 Å². The Bertz CT molecular complexity index is 762. The zero-order valence-corrected chi connectivity index (χ0v) is 14.2. The van der Waals surface area contributed by atoms with Crippen LogP contribution in [0.15, 0.2) is 89.4 Å². The predicted molar refractivity (Wildman–Crippen MR) is 97.1 cm³/mol. The standard InChI is InChI=1S/C21H16BrN/c22-20-13-11-17(12-14-20)15-21(16-23,18-7-3-1-4-8-18)19-9-5-2-6-10-19/h1-14H,15H2. The molecule has 0 radical (unpaired) electrons. The summed E-state index contributed by atoms with van der Waals surface area (Å²) in [6.07, 6.45) is 0.644. The van der Waals surface area contributed by atoms with Gasteiger partial charge >= 0.3 is 0 Å². The lowest BCUT2D eigenvalue weighted by Gasteiger charge is -2.28. The van der Waals surface area contributed by atoms with Gasteiger partial charge in [0.2, 0.25) is 0 Å². The molecule has 3 aromatic rings. The number of hydrogen-bond acceptors (Lipinski definition) is 1. The molecular formula is C21H16BrN. The van der Waals surface area contributed by atoms with Gasteiger partial charge in [-0.15, -0.1) is 0 Å². The largest absolute Gasteiger partial charge is 0.197 e. The topological polar surface area (TPSA) is 23.8 Å². The van der Waals surface area contributed by atoms with Crippen LogP contribution < -0.4 is 0 Å². The monoisotopic (exact) mass is 361 g/mol. The average Bonchev–Trinajstić information content (AvgIpc) is 2.63. The first-order chi connectivity index (χ1) is 11.2. The van der Waals surface area contributed by atoms with E-state index in [-0.39, 0.29) is 0 Å². The van der Waals surface area contributed by atoms with Crippen molar-refractivity contribution in [1.29, 1.82) is 5.26 Å². The Labute approximate surface area is 145 Å². The zero-order chi connectivity index (χ0) is 16.1.